The van der Waals surface area contributed by atoms with Gasteiger partial charge in [0, 0.05) is 13.2 Å². The van der Waals surface area contributed by atoms with E-state index in [-0.39, 0.29) is 5.91 Å². The topological polar surface area (TPSA) is 43.6 Å². The monoisotopic (exact) mass is 368 g/mol. The Hall–Kier alpha value is -2.24. The van der Waals surface area contributed by atoms with Gasteiger partial charge in [-0.2, -0.15) is 4.99 Å². The van der Waals surface area contributed by atoms with Crippen LogP contribution in [0.3, 0.4) is 0 Å². The molecule has 1 amide bonds. The summed E-state index contributed by atoms with van der Waals surface area (Å²) in [7, 11) is 0. The summed E-state index contributed by atoms with van der Waals surface area (Å²) in [6.07, 6.45) is 1.32. The van der Waals surface area contributed by atoms with E-state index in [9.17, 15) is 4.79 Å². The summed E-state index contributed by atoms with van der Waals surface area (Å²) in [5, 5.41) is 0. The van der Waals surface area contributed by atoms with Crippen LogP contribution in [0.4, 0.5) is 0 Å². The molecular weight excluding hydrogens is 344 g/mol. The fourth-order valence-electron chi connectivity index (χ4n) is 2.84. The minimum atomic E-state index is -0.119. The lowest BCUT2D eigenvalue weighted by molar-refractivity contribution is -0.117. The zero-order valence-electron chi connectivity index (χ0n) is 15.3. The predicted octanol–water partition coefficient (Wildman–Crippen LogP) is 3.97. The Bertz CT molecular complexity index is 939. The lowest BCUT2D eigenvalue weighted by Crippen LogP contribution is -2.20. The van der Waals surface area contributed by atoms with Crippen molar-refractivity contribution in [2.45, 2.75) is 33.2 Å². The Morgan fingerprint density at radius 3 is 2.54 bits per heavy atom. The van der Waals surface area contributed by atoms with Crippen molar-refractivity contribution >= 4 is 27.5 Å². The SMILES string of the molecule is CCOCCn1c(=NC(=O)Cc2ccc(CC)cc2)sc2ccccc21. The molecule has 0 saturated heterocycles. The highest BCUT2D eigenvalue weighted by atomic mass is 32.1. The van der Waals surface area contributed by atoms with Gasteiger partial charge in [-0.3, -0.25) is 4.79 Å². The van der Waals surface area contributed by atoms with E-state index >= 15 is 0 Å². The maximum absolute atomic E-state index is 12.5. The molecule has 3 aromatic rings. The van der Waals surface area contributed by atoms with E-state index in [1.165, 1.54) is 5.56 Å². The van der Waals surface area contributed by atoms with E-state index in [2.05, 4.69) is 40.7 Å². The van der Waals surface area contributed by atoms with E-state index in [4.69, 9.17) is 4.74 Å². The average molecular weight is 369 g/mol. The van der Waals surface area contributed by atoms with Gasteiger partial charge in [-0.1, -0.05) is 54.7 Å². The molecule has 5 heteroatoms. The van der Waals surface area contributed by atoms with E-state index in [1.807, 2.05) is 31.2 Å². The number of aromatic nitrogens is 1. The first-order valence-corrected chi connectivity index (χ1v) is 9.84. The highest BCUT2D eigenvalue weighted by Crippen LogP contribution is 2.16. The van der Waals surface area contributed by atoms with Crippen molar-refractivity contribution in [3.63, 3.8) is 0 Å². The number of nitrogens with zero attached hydrogens (tertiary/aromatic N) is 2. The normalized spacial score (nSPS) is 12.0. The van der Waals surface area contributed by atoms with Crippen molar-refractivity contribution in [2.75, 3.05) is 13.2 Å². The Kier molecular flexibility index (Phi) is 6.36. The molecule has 0 aliphatic carbocycles. The van der Waals surface area contributed by atoms with Gasteiger partial charge in [-0.15, -0.1) is 0 Å². The number of hydrogen-bond acceptors (Lipinski definition) is 3. The molecule has 0 fully saturated rings. The maximum atomic E-state index is 12.5. The van der Waals surface area contributed by atoms with Gasteiger partial charge in [-0.05, 0) is 36.6 Å². The van der Waals surface area contributed by atoms with E-state index in [1.54, 1.807) is 11.3 Å². The first kappa shape index (κ1) is 18.5. The smallest absolute Gasteiger partial charge is 0.252 e. The maximum Gasteiger partial charge on any atom is 0.252 e. The number of carbonyl (C=O) groups excluding carboxylic acids is 1. The number of thiazole rings is 1. The molecule has 2 aromatic carbocycles. The summed E-state index contributed by atoms with van der Waals surface area (Å²) in [5.41, 5.74) is 3.37. The van der Waals surface area contributed by atoms with Crippen LogP contribution < -0.4 is 4.80 Å². The zero-order valence-corrected chi connectivity index (χ0v) is 16.1. The fraction of sp³-hybridized carbons (Fsp3) is 0.333. The fourth-order valence-corrected chi connectivity index (χ4v) is 3.91. The molecule has 136 valence electrons. The van der Waals surface area contributed by atoms with Crippen LogP contribution >= 0.6 is 11.3 Å². The van der Waals surface area contributed by atoms with Crippen molar-refractivity contribution in [3.05, 3.63) is 64.5 Å². The summed E-state index contributed by atoms with van der Waals surface area (Å²) in [4.78, 5) is 17.6. The number of carbonyl (C=O) groups is 1. The number of amides is 1. The van der Waals surface area contributed by atoms with Crippen LogP contribution in [-0.4, -0.2) is 23.7 Å². The first-order chi connectivity index (χ1) is 12.7. The first-order valence-electron chi connectivity index (χ1n) is 9.02. The van der Waals surface area contributed by atoms with Gasteiger partial charge < -0.3 is 9.30 Å². The minimum absolute atomic E-state index is 0.119. The minimum Gasteiger partial charge on any atom is -0.380 e. The van der Waals surface area contributed by atoms with Gasteiger partial charge in [0.15, 0.2) is 4.80 Å². The molecule has 0 radical (unpaired) electrons. The van der Waals surface area contributed by atoms with Gasteiger partial charge in [-0.25, -0.2) is 0 Å². The van der Waals surface area contributed by atoms with Gasteiger partial charge in [0.1, 0.15) is 0 Å². The van der Waals surface area contributed by atoms with Crippen molar-refractivity contribution in [3.8, 4) is 0 Å². The van der Waals surface area contributed by atoms with Crippen LogP contribution in [0.5, 0.6) is 0 Å². The van der Waals surface area contributed by atoms with Crippen LogP contribution in [0.2, 0.25) is 0 Å². The molecule has 0 aliphatic rings. The van der Waals surface area contributed by atoms with Crippen molar-refractivity contribution in [1.82, 2.24) is 4.57 Å². The van der Waals surface area contributed by atoms with E-state index < -0.39 is 0 Å². The molecule has 0 saturated carbocycles. The lowest BCUT2D eigenvalue weighted by Gasteiger charge is -2.05. The highest BCUT2D eigenvalue weighted by Gasteiger charge is 2.08. The third-order valence-corrected chi connectivity index (χ3v) is 5.32. The van der Waals surface area contributed by atoms with Crippen LogP contribution in [0, 0.1) is 0 Å². The van der Waals surface area contributed by atoms with Crippen LogP contribution in [0.25, 0.3) is 10.2 Å². The number of fused-ring (bicyclic) bond motifs is 1. The molecule has 26 heavy (non-hydrogen) atoms. The molecule has 0 unspecified atom stereocenters. The number of aryl methyl sites for hydroxylation is 1. The van der Waals surface area contributed by atoms with Gasteiger partial charge in [0.05, 0.1) is 23.2 Å². The van der Waals surface area contributed by atoms with E-state index in [0.717, 1.165) is 27.0 Å². The van der Waals surface area contributed by atoms with Crippen molar-refractivity contribution < 1.29 is 9.53 Å². The Morgan fingerprint density at radius 1 is 1.08 bits per heavy atom. The largest absolute Gasteiger partial charge is 0.380 e. The molecule has 0 aliphatic heterocycles. The third-order valence-electron chi connectivity index (χ3n) is 4.26. The zero-order chi connectivity index (χ0) is 18.4. The van der Waals surface area contributed by atoms with Crippen LogP contribution in [0.15, 0.2) is 53.5 Å². The van der Waals surface area contributed by atoms with Gasteiger partial charge in [0.2, 0.25) is 0 Å². The molecule has 4 nitrogen and oxygen atoms in total. The van der Waals surface area contributed by atoms with Crippen LogP contribution in [0.1, 0.15) is 25.0 Å². The van der Waals surface area contributed by atoms with Crippen molar-refractivity contribution in [2.24, 2.45) is 4.99 Å². The molecular formula is C21H24N2O2S. The van der Waals surface area contributed by atoms with Gasteiger partial charge >= 0.3 is 0 Å². The number of para-hydroxylation sites is 1. The average Bonchev–Trinajstić information content (AvgIpc) is 3.00. The predicted molar refractivity (Wildman–Crippen MR) is 106 cm³/mol. The second-order valence-electron chi connectivity index (χ2n) is 6.05. The molecule has 0 N–H and O–H groups in total. The second kappa shape index (κ2) is 8.92. The molecule has 1 aromatic heterocycles. The second-order valence-corrected chi connectivity index (χ2v) is 7.06. The van der Waals surface area contributed by atoms with Gasteiger partial charge in [0.25, 0.3) is 5.91 Å². The quantitative estimate of drug-likeness (QED) is 0.592. The summed E-state index contributed by atoms with van der Waals surface area (Å²) in [5.74, 6) is -0.119. The molecule has 3 rings (SSSR count). The summed E-state index contributed by atoms with van der Waals surface area (Å²) < 4.78 is 8.70. The third kappa shape index (κ3) is 4.48. The van der Waals surface area contributed by atoms with Crippen LogP contribution in [-0.2, 0) is 28.9 Å². The molecule has 0 spiro atoms. The Balaban J connectivity index is 1.86. The van der Waals surface area contributed by atoms with Crippen molar-refractivity contribution in [1.29, 1.82) is 0 Å². The Labute approximate surface area is 157 Å². The number of ether oxygens (including phenoxy) is 1. The standard InChI is InChI=1S/C21H24N2O2S/c1-3-16-9-11-17(12-10-16)15-20(24)22-21-23(13-14-25-4-2)18-7-5-6-8-19(18)26-21/h5-12H,3-4,13-15H2,1-2H3. The highest BCUT2D eigenvalue weighted by molar-refractivity contribution is 7.16. The summed E-state index contributed by atoms with van der Waals surface area (Å²) >= 11 is 1.55. The number of rotatable bonds is 7. The summed E-state index contributed by atoms with van der Waals surface area (Å²) in [6.45, 7) is 6.08. The number of benzene rings is 2. The molecule has 0 atom stereocenters. The molecule has 0 bridgehead atoms. The molecule has 1 heterocycles. The number of hydrogen-bond donors (Lipinski definition) is 0. The lowest BCUT2D eigenvalue weighted by atomic mass is 10.1. The van der Waals surface area contributed by atoms with E-state index in [0.29, 0.717) is 26.2 Å². The Morgan fingerprint density at radius 2 is 1.81 bits per heavy atom. The summed E-state index contributed by atoms with van der Waals surface area (Å²) in [6, 6.07) is 16.3.